The lowest BCUT2D eigenvalue weighted by molar-refractivity contribution is 0.0309. The van der Waals surface area contributed by atoms with Gasteiger partial charge in [-0.25, -0.2) is 4.98 Å². The van der Waals surface area contributed by atoms with Crippen molar-refractivity contribution < 1.29 is 9.47 Å². The maximum absolute atomic E-state index is 6.12. The molecule has 1 aromatic heterocycles. The molecule has 0 saturated carbocycles. The quantitative estimate of drug-likeness (QED) is 0.790. The van der Waals surface area contributed by atoms with E-state index in [4.69, 9.17) is 9.47 Å². The third kappa shape index (κ3) is 4.92. The Bertz CT molecular complexity index is 529. The number of aromatic nitrogens is 1. The highest BCUT2D eigenvalue weighted by Gasteiger charge is 2.23. The molecule has 1 atom stereocenters. The fourth-order valence-electron chi connectivity index (χ4n) is 3.97. The Morgan fingerprint density at radius 2 is 1.80 bits per heavy atom. The van der Waals surface area contributed by atoms with E-state index < -0.39 is 0 Å². The van der Waals surface area contributed by atoms with Crippen LogP contribution in [0.4, 0.5) is 5.13 Å². The maximum Gasteiger partial charge on any atom is 0.185 e. The first-order valence-corrected chi connectivity index (χ1v) is 10.5. The first-order valence-electron chi connectivity index (χ1n) is 9.70. The fraction of sp³-hybridized carbons (Fsp3) is 0.833. The summed E-state index contributed by atoms with van der Waals surface area (Å²) in [5.41, 5.74) is 0. The first-order chi connectivity index (χ1) is 12.4. The summed E-state index contributed by atoms with van der Waals surface area (Å²) in [6.07, 6.45) is 6.25. The van der Waals surface area contributed by atoms with Crippen molar-refractivity contribution in [1.29, 1.82) is 0 Å². The Labute approximate surface area is 154 Å². The highest BCUT2D eigenvalue weighted by Crippen LogP contribution is 2.25. The van der Waals surface area contributed by atoms with Crippen LogP contribution >= 0.6 is 11.3 Å². The largest absolute Gasteiger partial charge is 0.378 e. The maximum atomic E-state index is 6.12. The van der Waals surface area contributed by atoms with Crippen LogP contribution in [0.5, 0.6) is 0 Å². The zero-order valence-corrected chi connectivity index (χ0v) is 15.9. The monoisotopic (exact) mass is 366 g/mol. The molecule has 1 unspecified atom stereocenters. The molecule has 0 amide bonds. The molecule has 3 aliphatic rings. The standard InChI is InChI=1S/C18H30N4O2S/c1-2-5-20(4-1)13-16-14-21(6-3-9-24-16)15-17-12-19-18(25-17)22-7-10-23-11-8-22/h12,16H,1-11,13-15H2. The summed E-state index contributed by atoms with van der Waals surface area (Å²) in [4.78, 5) is 13.5. The van der Waals surface area contributed by atoms with Crippen molar-refractivity contribution in [3.63, 3.8) is 0 Å². The van der Waals surface area contributed by atoms with E-state index in [1.807, 2.05) is 11.3 Å². The van der Waals surface area contributed by atoms with Gasteiger partial charge in [-0.3, -0.25) is 4.90 Å². The molecule has 3 aliphatic heterocycles. The summed E-state index contributed by atoms with van der Waals surface area (Å²) < 4.78 is 11.6. The van der Waals surface area contributed by atoms with Crippen LogP contribution in [-0.2, 0) is 16.0 Å². The van der Waals surface area contributed by atoms with Crippen LogP contribution in [0.1, 0.15) is 24.1 Å². The van der Waals surface area contributed by atoms with Gasteiger partial charge in [-0.05, 0) is 32.4 Å². The number of rotatable bonds is 5. The Kier molecular flexibility index (Phi) is 6.20. The van der Waals surface area contributed by atoms with Crippen LogP contribution < -0.4 is 4.90 Å². The van der Waals surface area contributed by atoms with Gasteiger partial charge in [0.1, 0.15) is 0 Å². The lowest BCUT2D eigenvalue weighted by atomic mass is 10.3. The molecular weight excluding hydrogens is 336 g/mol. The third-order valence-corrected chi connectivity index (χ3v) is 6.34. The second kappa shape index (κ2) is 8.77. The van der Waals surface area contributed by atoms with Crippen molar-refractivity contribution >= 4 is 16.5 Å². The minimum atomic E-state index is 0.354. The van der Waals surface area contributed by atoms with Crippen molar-refractivity contribution in [2.75, 3.05) is 70.5 Å². The summed E-state index contributed by atoms with van der Waals surface area (Å²) >= 11 is 1.84. The van der Waals surface area contributed by atoms with E-state index in [1.165, 1.54) is 30.8 Å². The lowest BCUT2D eigenvalue weighted by Gasteiger charge is -2.27. The highest BCUT2D eigenvalue weighted by atomic mass is 32.1. The van der Waals surface area contributed by atoms with Gasteiger partial charge in [0, 0.05) is 56.9 Å². The van der Waals surface area contributed by atoms with Crippen LogP contribution in [0.15, 0.2) is 6.20 Å². The lowest BCUT2D eigenvalue weighted by Crippen LogP contribution is -2.39. The van der Waals surface area contributed by atoms with Gasteiger partial charge in [0.05, 0.1) is 19.3 Å². The summed E-state index contributed by atoms with van der Waals surface area (Å²) in [6.45, 7) is 11.2. The zero-order valence-electron chi connectivity index (χ0n) is 15.1. The second-order valence-electron chi connectivity index (χ2n) is 7.30. The van der Waals surface area contributed by atoms with Crippen LogP contribution in [-0.4, -0.2) is 86.5 Å². The molecular formula is C18H30N4O2S. The van der Waals surface area contributed by atoms with Crippen LogP contribution in [0.2, 0.25) is 0 Å². The van der Waals surface area contributed by atoms with Crippen molar-refractivity contribution in [2.24, 2.45) is 0 Å². The van der Waals surface area contributed by atoms with Gasteiger partial charge in [-0.1, -0.05) is 0 Å². The fourth-order valence-corrected chi connectivity index (χ4v) is 4.97. The number of anilines is 1. The minimum Gasteiger partial charge on any atom is -0.378 e. The third-order valence-electron chi connectivity index (χ3n) is 5.30. The molecule has 4 rings (SSSR count). The Morgan fingerprint density at radius 1 is 1.00 bits per heavy atom. The van der Waals surface area contributed by atoms with Crippen molar-refractivity contribution in [3.8, 4) is 0 Å². The van der Waals surface area contributed by atoms with Crippen LogP contribution in [0.25, 0.3) is 0 Å². The second-order valence-corrected chi connectivity index (χ2v) is 8.39. The van der Waals surface area contributed by atoms with E-state index >= 15 is 0 Å². The average molecular weight is 367 g/mol. The van der Waals surface area contributed by atoms with Gasteiger partial charge in [0.15, 0.2) is 5.13 Å². The summed E-state index contributed by atoms with van der Waals surface area (Å²) in [5, 5.41) is 1.15. The Balaban J connectivity index is 1.31. The normalized spacial score (nSPS) is 26.9. The van der Waals surface area contributed by atoms with E-state index in [0.717, 1.165) is 70.6 Å². The number of nitrogens with zero attached hydrogens (tertiary/aromatic N) is 4. The minimum absolute atomic E-state index is 0.354. The molecule has 3 fully saturated rings. The molecule has 0 bridgehead atoms. The van der Waals surface area contributed by atoms with E-state index in [0.29, 0.717) is 6.10 Å². The number of hydrogen-bond acceptors (Lipinski definition) is 7. The van der Waals surface area contributed by atoms with E-state index in [2.05, 4.69) is 25.9 Å². The summed E-state index contributed by atoms with van der Waals surface area (Å²) in [6, 6.07) is 0. The van der Waals surface area contributed by atoms with Crippen LogP contribution in [0.3, 0.4) is 0 Å². The number of likely N-dealkylation sites (tertiary alicyclic amines) is 1. The highest BCUT2D eigenvalue weighted by molar-refractivity contribution is 7.15. The van der Waals surface area contributed by atoms with Gasteiger partial charge < -0.3 is 19.3 Å². The predicted molar refractivity (Wildman–Crippen MR) is 100 cm³/mol. The van der Waals surface area contributed by atoms with E-state index in [1.54, 1.807) is 0 Å². The molecule has 0 N–H and O–H groups in total. The number of thiazole rings is 1. The van der Waals surface area contributed by atoms with Crippen molar-refractivity contribution in [1.82, 2.24) is 14.8 Å². The molecule has 25 heavy (non-hydrogen) atoms. The summed E-state index contributed by atoms with van der Waals surface area (Å²) in [7, 11) is 0. The van der Waals surface area contributed by atoms with Gasteiger partial charge in [0.25, 0.3) is 0 Å². The number of hydrogen-bond donors (Lipinski definition) is 0. The van der Waals surface area contributed by atoms with E-state index in [-0.39, 0.29) is 0 Å². The van der Waals surface area contributed by atoms with Gasteiger partial charge in [-0.15, -0.1) is 11.3 Å². The molecule has 4 heterocycles. The van der Waals surface area contributed by atoms with Gasteiger partial charge >= 0.3 is 0 Å². The molecule has 3 saturated heterocycles. The molecule has 0 spiro atoms. The molecule has 140 valence electrons. The first kappa shape index (κ1) is 17.7. The number of morpholine rings is 1. The molecule has 6 nitrogen and oxygen atoms in total. The van der Waals surface area contributed by atoms with Gasteiger partial charge in [0.2, 0.25) is 0 Å². The smallest absolute Gasteiger partial charge is 0.185 e. The van der Waals surface area contributed by atoms with Crippen molar-refractivity contribution in [2.45, 2.75) is 31.9 Å². The van der Waals surface area contributed by atoms with Crippen LogP contribution in [0, 0.1) is 0 Å². The number of ether oxygens (including phenoxy) is 2. The zero-order chi connectivity index (χ0) is 16.9. The molecule has 0 aromatic carbocycles. The van der Waals surface area contributed by atoms with Crippen molar-refractivity contribution in [3.05, 3.63) is 11.1 Å². The van der Waals surface area contributed by atoms with Gasteiger partial charge in [-0.2, -0.15) is 0 Å². The SMILES string of the molecule is c1nc(N2CCOCC2)sc1CN1CCCOC(CN2CCCC2)C1. The van der Waals surface area contributed by atoms with E-state index in [9.17, 15) is 0 Å². The topological polar surface area (TPSA) is 41.1 Å². The average Bonchev–Trinajstić information content (AvgIpc) is 3.26. The summed E-state index contributed by atoms with van der Waals surface area (Å²) in [5.74, 6) is 0. The predicted octanol–water partition coefficient (Wildman–Crippen LogP) is 1.67. The Morgan fingerprint density at radius 3 is 2.64 bits per heavy atom. The Hall–Kier alpha value is -0.730. The molecule has 7 heteroatoms. The molecule has 0 aliphatic carbocycles. The molecule has 0 radical (unpaired) electrons. The molecule has 1 aromatic rings.